The molecule has 1 saturated carbocycles. The largest absolute Gasteiger partial charge is 0.310 e. The van der Waals surface area contributed by atoms with E-state index in [2.05, 4.69) is 54.4 Å². The van der Waals surface area contributed by atoms with Crippen LogP contribution in [0.1, 0.15) is 45.1 Å². The Bertz CT molecular complexity index is 440. The molecule has 2 unspecified atom stereocenters. The van der Waals surface area contributed by atoms with Gasteiger partial charge in [-0.2, -0.15) is 0 Å². The predicted molar refractivity (Wildman–Crippen MR) is 89.5 cm³/mol. The van der Waals surface area contributed by atoms with Gasteiger partial charge in [0.15, 0.2) is 0 Å². The van der Waals surface area contributed by atoms with Gasteiger partial charge in [0, 0.05) is 25.2 Å². The smallest absolute Gasteiger partial charge is 0.0209 e. The zero-order chi connectivity index (χ0) is 14.7. The molecule has 2 aliphatic rings. The number of rotatable bonds is 5. The molecule has 1 heterocycles. The molecule has 2 nitrogen and oxygen atoms in total. The number of nitrogens with zero attached hydrogens (tertiary/aromatic N) is 1. The number of nitrogens with one attached hydrogen (secondary N) is 1. The lowest BCUT2D eigenvalue weighted by Gasteiger charge is -2.22. The average Bonchev–Trinajstić information content (AvgIpc) is 3.04. The van der Waals surface area contributed by atoms with Gasteiger partial charge in [0.1, 0.15) is 0 Å². The highest BCUT2D eigenvalue weighted by Gasteiger charge is 2.33. The maximum Gasteiger partial charge on any atom is 0.0209 e. The van der Waals surface area contributed by atoms with Crippen LogP contribution >= 0.6 is 0 Å². The molecule has 1 aromatic rings. The number of hydrogen-bond acceptors (Lipinski definition) is 2. The van der Waals surface area contributed by atoms with Gasteiger partial charge in [-0.1, -0.05) is 44.2 Å². The Balaban J connectivity index is 1.39. The summed E-state index contributed by atoms with van der Waals surface area (Å²) in [5.41, 5.74) is 2.02. The maximum absolute atomic E-state index is 3.92. The number of likely N-dealkylation sites (tertiary alicyclic amines) is 1. The van der Waals surface area contributed by atoms with Crippen LogP contribution in [0.5, 0.6) is 0 Å². The molecule has 1 aliphatic heterocycles. The van der Waals surface area contributed by atoms with Crippen LogP contribution in [0, 0.1) is 5.41 Å². The molecule has 1 saturated heterocycles. The van der Waals surface area contributed by atoms with E-state index in [9.17, 15) is 0 Å². The van der Waals surface area contributed by atoms with E-state index in [0.29, 0.717) is 5.41 Å². The summed E-state index contributed by atoms with van der Waals surface area (Å²) in [7, 11) is 0. The van der Waals surface area contributed by atoms with Gasteiger partial charge in [0.05, 0.1) is 0 Å². The van der Waals surface area contributed by atoms with Gasteiger partial charge in [-0.3, -0.25) is 0 Å². The summed E-state index contributed by atoms with van der Waals surface area (Å²) in [6.45, 7) is 8.54. The quantitative estimate of drug-likeness (QED) is 0.891. The summed E-state index contributed by atoms with van der Waals surface area (Å²) in [6, 6.07) is 12.4. The normalized spacial score (nSPS) is 29.0. The van der Waals surface area contributed by atoms with E-state index < -0.39 is 0 Å². The van der Waals surface area contributed by atoms with Crippen molar-refractivity contribution in [1.82, 2.24) is 10.2 Å². The van der Waals surface area contributed by atoms with Crippen molar-refractivity contribution in [3.05, 3.63) is 35.9 Å². The summed E-state index contributed by atoms with van der Waals surface area (Å²) in [5, 5.41) is 3.92. The van der Waals surface area contributed by atoms with E-state index in [1.807, 2.05) is 0 Å². The molecule has 0 bridgehead atoms. The Kier molecular flexibility index (Phi) is 4.66. The first-order valence-electron chi connectivity index (χ1n) is 8.63. The van der Waals surface area contributed by atoms with Crippen molar-refractivity contribution < 1.29 is 0 Å². The summed E-state index contributed by atoms with van der Waals surface area (Å²) in [5.74, 6) is 0. The lowest BCUT2D eigenvalue weighted by atomic mass is 9.92. The SMILES string of the molecule is CC1(C)CCC(NC2CCN(CCc3ccccc3)C2)C1. The van der Waals surface area contributed by atoms with Crippen molar-refractivity contribution >= 4 is 0 Å². The Hall–Kier alpha value is -0.860. The Morgan fingerprint density at radius 1 is 1.14 bits per heavy atom. The van der Waals surface area contributed by atoms with Crippen LogP contribution in [0.3, 0.4) is 0 Å². The van der Waals surface area contributed by atoms with Crippen molar-refractivity contribution in [3.63, 3.8) is 0 Å². The zero-order valence-electron chi connectivity index (χ0n) is 13.6. The first-order chi connectivity index (χ1) is 10.1. The Morgan fingerprint density at radius 2 is 1.95 bits per heavy atom. The first-order valence-corrected chi connectivity index (χ1v) is 8.63. The molecule has 0 aromatic heterocycles. The van der Waals surface area contributed by atoms with E-state index in [1.165, 1.54) is 57.3 Å². The third-order valence-corrected chi connectivity index (χ3v) is 5.27. The lowest BCUT2D eigenvalue weighted by Crippen LogP contribution is -2.39. The van der Waals surface area contributed by atoms with Crippen LogP contribution in [-0.2, 0) is 6.42 Å². The molecule has 1 aliphatic carbocycles. The third-order valence-electron chi connectivity index (χ3n) is 5.27. The molecular weight excluding hydrogens is 256 g/mol. The maximum atomic E-state index is 3.92. The predicted octanol–water partition coefficient (Wildman–Crippen LogP) is 3.47. The molecule has 0 amide bonds. The van der Waals surface area contributed by atoms with Crippen LogP contribution in [-0.4, -0.2) is 36.6 Å². The lowest BCUT2D eigenvalue weighted by molar-refractivity contribution is 0.318. The van der Waals surface area contributed by atoms with Crippen LogP contribution in [0.25, 0.3) is 0 Å². The second-order valence-electron chi connectivity index (χ2n) is 7.79. The molecule has 1 aromatic carbocycles. The summed E-state index contributed by atoms with van der Waals surface area (Å²) >= 11 is 0. The second-order valence-corrected chi connectivity index (χ2v) is 7.79. The molecule has 2 heteroatoms. The van der Waals surface area contributed by atoms with Gasteiger partial charge in [0.25, 0.3) is 0 Å². The van der Waals surface area contributed by atoms with Gasteiger partial charge >= 0.3 is 0 Å². The van der Waals surface area contributed by atoms with Crippen molar-refractivity contribution in [2.24, 2.45) is 5.41 Å². The minimum atomic E-state index is 0.559. The van der Waals surface area contributed by atoms with E-state index in [4.69, 9.17) is 0 Å². The van der Waals surface area contributed by atoms with Crippen LogP contribution < -0.4 is 5.32 Å². The number of hydrogen-bond donors (Lipinski definition) is 1. The fourth-order valence-corrected chi connectivity index (χ4v) is 4.02. The van der Waals surface area contributed by atoms with Gasteiger partial charge in [-0.25, -0.2) is 0 Å². The third kappa shape index (κ3) is 4.31. The zero-order valence-corrected chi connectivity index (χ0v) is 13.6. The molecule has 0 radical (unpaired) electrons. The van der Waals surface area contributed by atoms with Crippen molar-refractivity contribution in [3.8, 4) is 0 Å². The van der Waals surface area contributed by atoms with Gasteiger partial charge in [0.2, 0.25) is 0 Å². The molecule has 2 atom stereocenters. The molecule has 0 spiro atoms. The fraction of sp³-hybridized carbons (Fsp3) is 0.684. The van der Waals surface area contributed by atoms with Crippen LogP contribution in [0.2, 0.25) is 0 Å². The van der Waals surface area contributed by atoms with E-state index in [1.54, 1.807) is 0 Å². The Labute approximate surface area is 129 Å². The van der Waals surface area contributed by atoms with Crippen molar-refractivity contribution in [2.45, 2.75) is 58.0 Å². The van der Waals surface area contributed by atoms with Crippen molar-refractivity contribution in [1.29, 1.82) is 0 Å². The molecular formula is C19H30N2. The van der Waals surface area contributed by atoms with Crippen LogP contribution in [0.4, 0.5) is 0 Å². The molecule has 116 valence electrons. The highest BCUT2D eigenvalue weighted by Crippen LogP contribution is 2.37. The summed E-state index contributed by atoms with van der Waals surface area (Å²) < 4.78 is 0. The standard InChI is InChI=1S/C19H30N2/c1-19(2)11-8-17(14-19)20-18-10-13-21(15-18)12-9-16-6-4-3-5-7-16/h3-7,17-18,20H,8-15H2,1-2H3. The van der Waals surface area contributed by atoms with Gasteiger partial charge < -0.3 is 10.2 Å². The monoisotopic (exact) mass is 286 g/mol. The summed E-state index contributed by atoms with van der Waals surface area (Å²) in [4.78, 5) is 2.63. The van der Waals surface area contributed by atoms with E-state index >= 15 is 0 Å². The highest BCUT2D eigenvalue weighted by molar-refractivity contribution is 5.14. The number of benzene rings is 1. The molecule has 3 rings (SSSR count). The molecule has 21 heavy (non-hydrogen) atoms. The van der Waals surface area contributed by atoms with Crippen molar-refractivity contribution in [2.75, 3.05) is 19.6 Å². The average molecular weight is 286 g/mol. The second kappa shape index (κ2) is 6.50. The van der Waals surface area contributed by atoms with Crippen LogP contribution in [0.15, 0.2) is 30.3 Å². The minimum Gasteiger partial charge on any atom is -0.310 e. The van der Waals surface area contributed by atoms with E-state index in [0.717, 1.165) is 12.1 Å². The highest BCUT2D eigenvalue weighted by atomic mass is 15.2. The first kappa shape index (κ1) is 15.1. The molecule has 1 N–H and O–H groups in total. The van der Waals surface area contributed by atoms with Gasteiger partial charge in [-0.15, -0.1) is 0 Å². The minimum absolute atomic E-state index is 0.559. The van der Waals surface area contributed by atoms with E-state index in [-0.39, 0.29) is 0 Å². The fourth-order valence-electron chi connectivity index (χ4n) is 4.02. The topological polar surface area (TPSA) is 15.3 Å². The van der Waals surface area contributed by atoms with Gasteiger partial charge in [-0.05, 0) is 49.6 Å². The Morgan fingerprint density at radius 3 is 2.67 bits per heavy atom. The molecule has 2 fully saturated rings. The summed E-state index contributed by atoms with van der Waals surface area (Å²) in [6.07, 6.45) is 6.62.